The highest BCUT2D eigenvalue weighted by molar-refractivity contribution is 7.92. The molecule has 2 aromatic carbocycles. The van der Waals surface area contributed by atoms with Crippen LogP contribution in [-0.4, -0.2) is 26.6 Å². The van der Waals surface area contributed by atoms with Crippen molar-refractivity contribution in [3.05, 3.63) is 65.2 Å². The van der Waals surface area contributed by atoms with Gasteiger partial charge in [0.05, 0.1) is 11.9 Å². The Morgan fingerprint density at radius 1 is 1.17 bits per heavy atom. The third-order valence-electron chi connectivity index (χ3n) is 3.46. The molecule has 2 aromatic rings. The van der Waals surface area contributed by atoms with Crippen LogP contribution in [0.2, 0.25) is 5.02 Å². The maximum atomic E-state index is 12.4. The van der Waals surface area contributed by atoms with E-state index >= 15 is 0 Å². The molecular formula is C17H19ClN2O3S. The summed E-state index contributed by atoms with van der Waals surface area (Å²) in [6.07, 6.45) is 1.06. The van der Waals surface area contributed by atoms with E-state index in [-0.39, 0.29) is 5.91 Å². The topological polar surface area (TPSA) is 66.5 Å². The molecule has 5 nitrogen and oxygen atoms in total. The van der Waals surface area contributed by atoms with E-state index in [0.29, 0.717) is 17.3 Å². The van der Waals surface area contributed by atoms with Crippen LogP contribution in [0.1, 0.15) is 12.5 Å². The first kappa shape index (κ1) is 18.3. The number of carbonyl (C=O) groups excluding carboxylic acids is 1. The second-order valence-corrected chi connectivity index (χ2v) is 7.71. The average molecular weight is 367 g/mol. The third-order valence-corrected chi connectivity index (χ3v) is 4.94. The summed E-state index contributed by atoms with van der Waals surface area (Å²) in [5.74, 6) is -0.385. The molecule has 1 atom stereocenters. The first-order valence-corrected chi connectivity index (χ1v) is 9.58. The van der Waals surface area contributed by atoms with Gasteiger partial charge >= 0.3 is 0 Å². The second kappa shape index (κ2) is 7.68. The number of anilines is 1. The van der Waals surface area contributed by atoms with Gasteiger partial charge in [-0.2, -0.15) is 0 Å². The summed E-state index contributed by atoms with van der Waals surface area (Å²) < 4.78 is 25.4. The van der Waals surface area contributed by atoms with E-state index in [0.717, 1.165) is 16.1 Å². The molecule has 128 valence electrons. The Balaban J connectivity index is 2.19. The van der Waals surface area contributed by atoms with Crippen LogP contribution in [-0.2, 0) is 21.4 Å². The Morgan fingerprint density at radius 2 is 1.83 bits per heavy atom. The largest absolute Gasteiger partial charge is 0.350 e. The van der Waals surface area contributed by atoms with E-state index in [1.54, 1.807) is 25.1 Å². The first-order chi connectivity index (χ1) is 11.3. The van der Waals surface area contributed by atoms with Gasteiger partial charge < -0.3 is 5.32 Å². The van der Waals surface area contributed by atoms with Gasteiger partial charge in [0, 0.05) is 11.6 Å². The lowest BCUT2D eigenvalue weighted by atomic mass is 10.2. The average Bonchev–Trinajstić information content (AvgIpc) is 2.52. The molecule has 0 fully saturated rings. The summed E-state index contributed by atoms with van der Waals surface area (Å²) in [7, 11) is -3.65. The Kier molecular flexibility index (Phi) is 5.85. The van der Waals surface area contributed by atoms with Crippen LogP contribution in [0.4, 0.5) is 5.69 Å². The molecule has 7 heteroatoms. The first-order valence-electron chi connectivity index (χ1n) is 7.35. The van der Waals surface area contributed by atoms with Crippen LogP contribution in [0.3, 0.4) is 0 Å². The van der Waals surface area contributed by atoms with Crippen molar-refractivity contribution in [1.82, 2.24) is 5.32 Å². The molecule has 0 aliphatic rings. The predicted octanol–water partition coefficient (Wildman–Crippen LogP) is 2.81. The van der Waals surface area contributed by atoms with Crippen molar-refractivity contribution in [2.24, 2.45) is 0 Å². The fraction of sp³-hybridized carbons (Fsp3) is 0.235. The van der Waals surface area contributed by atoms with Crippen LogP contribution in [0.25, 0.3) is 0 Å². The maximum absolute atomic E-state index is 12.4. The molecule has 1 amide bonds. The highest BCUT2D eigenvalue weighted by Gasteiger charge is 2.29. The van der Waals surface area contributed by atoms with Crippen LogP contribution >= 0.6 is 11.6 Å². The maximum Gasteiger partial charge on any atom is 0.243 e. The molecule has 0 spiro atoms. The van der Waals surface area contributed by atoms with Crippen LogP contribution in [0, 0.1) is 0 Å². The molecule has 0 radical (unpaired) electrons. The Labute approximate surface area is 147 Å². The van der Waals surface area contributed by atoms with Gasteiger partial charge in [0.15, 0.2) is 0 Å². The number of benzene rings is 2. The lowest BCUT2D eigenvalue weighted by Gasteiger charge is -2.28. The van der Waals surface area contributed by atoms with Gasteiger partial charge in [-0.15, -0.1) is 0 Å². The third kappa shape index (κ3) is 4.72. The van der Waals surface area contributed by atoms with Crippen LogP contribution in [0.15, 0.2) is 54.6 Å². The summed E-state index contributed by atoms with van der Waals surface area (Å²) >= 11 is 5.94. The van der Waals surface area contributed by atoms with Crippen molar-refractivity contribution in [3.8, 4) is 0 Å². The molecule has 0 bridgehead atoms. The quantitative estimate of drug-likeness (QED) is 0.854. The lowest BCUT2D eigenvalue weighted by Crippen LogP contribution is -2.47. The summed E-state index contributed by atoms with van der Waals surface area (Å²) in [6, 6.07) is 14.9. The predicted molar refractivity (Wildman–Crippen MR) is 96.5 cm³/mol. The molecule has 24 heavy (non-hydrogen) atoms. The highest BCUT2D eigenvalue weighted by atomic mass is 35.5. The number of nitrogens with one attached hydrogen (secondary N) is 1. The van der Waals surface area contributed by atoms with Gasteiger partial charge in [-0.25, -0.2) is 8.42 Å². The standard InChI is InChI=1S/C17H19ClN2O3S/c1-13(17(21)19-12-14-7-4-3-5-8-14)20(24(2,22)23)16-10-6-9-15(18)11-16/h3-11,13H,12H2,1-2H3,(H,19,21)/t13-/m0/s1. The number of nitrogens with zero attached hydrogens (tertiary/aromatic N) is 1. The summed E-state index contributed by atoms with van der Waals surface area (Å²) in [4.78, 5) is 12.4. The summed E-state index contributed by atoms with van der Waals surface area (Å²) in [5, 5.41) is 3.16. The normalized spacial score (nSPS) is 12.5. The van der Waals surface area contributed by atoms with E-state index in [1.807, 2.05) is 30.3 Å². The van der Waals surface area contributed by atoms with Crippen molar-refractivity contribution in [2.45, 2.75) is 19.5 Å². The number of hydrogen-bond donors (Lipinski definition) is 1. The molecule has 0 aliphatic carbocycles. The minimum atomic E-state index is -3.65. The molecule has 0 unspecified atom stereocenters. The van der Waals surface area contributed by atoms with Gasteiger partial charge in [0.25, 0.3) is 0 Å². The van der Waals surface area contributed by atoms with Crippen molar-refractivity contribution >= 4 is 33.2 Å². The highest BCUT2D eigenvalue weighted by Crippen LogP contribution is 2.24. The minimum absolute atomic E-state index is 0.331. The van der Waals surface area contributed by atoms with Crippen molar-refractivity contribution < 1.29 is 13.2 Å². The van der Waals surface area contributed by atoms with Crippen LogP contribution < -0.4 is 9.62 Å². The van der Waals surface area contributed by atoms with Crippen LogP contribution in [0.5, 0.6) is 0 Å². The summed E-state index contributed by atoms with van der Waals surface area (Å²) in [6.45, 7) is 1.87. The Morgan fingerprint density at radius 3 is 2.42 bits per heavy atom. The monoisotopic (exact) mass is 366 g/mol. The molecule has 0 aliphatic heterocycles. The molecule has 0 saturated carbocycles. The molecular weight excluding hydrogens is 348 g/mol. The minimum Gasteiger partial charge on any atom is -0.350 e. The van der Waals surface area contributed by atoms with Crippen molar-refractivity contribution in [3.63, 3.8) is 0 Å². The van der Waals surface area contributed by atoms with Gasteiger partial charge in [-0.1, -0.05) is 48.0 Å². The summed E-state index contributed by atoms with van der Waals surface area (Å²) in [5.41, 5.74) is 1.29. The number of sulfonamides is 1. The van der Waals surface area contributed by atoms with Gasteiger partial charge in [0.2, 0.25) is 15.9 Å². The number of halogens is 1. The molecule has 0 saturated heterocycles. The Bertz CT molecular complexity index is 810. The Hall–Kier alpha value is -2.05. The second-order valence-electron chi connectivity index (χ2n) is 5.42. The van der Waals surface area contributed by atoms with Gasteiger partial charge in [-0.05, 0) is 30.7 Å². The van der Waals surface area contributed by atoms with E-state index in [2.05, 4.69) is 5.32 Å². The molecule has 2 rings (SSSR count). The van der Waals surface area contributed by atoms with Crippen molar-refractivity contribution in [2.75, 3.05) is 10.6 Å². The van der Waals surface area contributed by atoms with Crippen molar-refractivity contribution in [1.29, 1.82) is 0 Å². The number of carbonyl (C=O) groups is 1. The van der Waals surface area contributed by atoms with E-state index in [9.17, 15) is 13.2 Å². The smallest absolute Gasteiger partial charge is 0.243 e. The zero-order valence-electron chi connectivity index (χ0n) is 13.4. The number of amides is 1. The van der Waals surface area contributed by atoms with Gasteiger partial charge in [0.1, 0.15) is 6.04 Å². The lowest BCUT2D eigenvalue weighted by molar-refractivity contribution is -0.122. The number of hydrogen-bond acceptors (Lipinski definition) is 3. The van der Waals surface area contributed by atoms with E-state index in [4.69, 9.17) is 11.6 Å². The molecule has 1 N–H and O–H groups in total. The zero-order chi connectivity index (χ0) is 17.7. The van der Waals surface area contributed by atoms with E-state index < -0.39 is 16.1 Å². The fourth-order valence-electron chi connectivity index (χ4n) is 2.35. The molecule has 0 aromatic heterocycles. The van der Waals surface area contributed by atoms with Gasteiger partial charge in [-0.3, -0.25) is 9.10 Å². The number of rotatable bonds is 6. The molecule has 0 heterocycles. The fourth-order valence-corrected chi connectivity index (χ4v) is 3.71. The zero-order valence-corrected chi connectivity index (χ0v) is 15.0. The van der Waals surface area contributed by atoms with E-state index in [1.165, 1.54) is 6.07 Å². The SMILES string of the molecule is C[C@@H](C(=O)NCc1ccccc1)N(c1cccc(Cl)c1)S(C)(=O)=O.